The fourth-order valence-corrected chi connectivity index (χ4v) is 4.34. The summed E-state index contributed by atoms with van der Waals surface area (Å²) < 4.78 is 5.81. The van der Waals surface area contributed by atoms with Gasteiger partial charge in [0.2, 0.25) is 5.91 Å². The van der Waals surface area contributed by atoms with Crippen molar-refractivity contribution in [3.63, 3.8) is 0 Å². The van der Waals surface area contributed by atoms with E-state index in [0.717, 1.165) is 16.7 Å². The average Bonchev–Trinajstić information content (AvgIpc) is 3.17. The molecule has 3 atom stereocenters. The number of furan rings is 1. The third kappa shape index (κ3) is 3.04. The molecule has 3 unspecified atom stereocenters. The summed E-state index contributed by atoms with van der Waals surface area (Å²) in [7, 11) is 0. The molecule has 0 spiro atoms. The van der Waals surface area contributed by atoms with E-state index in [1.54, 1.807) is 17.9 Å². The van der Waals surface area contributed by atoms with E-state index in [2.05, 4.69) is 19.2 Å². The maximum absolute atomic E-state index is 13.1. The van der Waals surface area contributed by atoms with Gasteiger partial charge in [-0.1, -0.05) is 32.0 Å². The minimum absolute atomic E-state index is 0.198. The van der Waals surface area contributed by atoms with Crippen LogP contribution in [0.15, 0.2) is 34.7 Å². The second-order valence-electron chi connectivity index (χ2n) is 8.34. The zero-order valence-corrected chi connectivity index (χ0v) is 16.4. The predicted molar refractivity (Wildman–Crippen MR) is 103 cm³/mol. The van der Waals surface area contributed by atoms with Crippen LogP contribution in [-0.4, -0.2) is 47.3 Å². The first-order valence-corrected chi connectivity index (χ1v) is 9.69. The topological polar surface area (TPSA) is 82.9 Å². The highest BCUT2D eigenvalue weighted by Crippen LogP contribution is 2.33. The number of amides is 4. The Balaban J connectivity index is 1.54. The van der Waals surface area contributed by atoms with Crippen molar-refractivity contribution in [3.05, 3.63) is 36.1 Å². The van der Waals surface area contributed by atoms with Crippen LogP contribution in [0.4, 0.5) is 4.79 Å². The van der Waals surface area contributed by atoms with Crippen molar-refractivity contribution in [1.29, 1.82) is 0 Å². The zero-order chi connectivity index (χ0) is 20.1. The van der Waals surface area contributed by atoms with E-state index in [1.165, 1.54) is 0 Å². The van der Waals surface area contributed by atoms with Crippen molar-refractivity contribution in [1.82, 2.24) is 15.1 Å². The molecule has 2 aliphatic rings. The Labute approximate surface area is 163 Å². The number of para-hydroxylation sites is 1. The molecule has 4 amide bonds. The van der Waals surface area contributed by atoms with Crippen LogP contribution in [0.25, 0.3) is 11.0 Å². The van der Waals surface area contributed by atoms with E-state index in [-0.39, 0.29) is 12.5 Å². The Morgan fingerprint density at radius 1 is 1.21 bits per heavy atom. The van der Waals surface area contributed by atoms with Crippen LogP contribution < -0.4 is 5.32 Å². The molecule has 1 aromatic heterocycles. The molecular weight excluding hydrogens is 358 g/mol. The van der Waals surface area contributed by atoms with Gasteiger partial charge in [0.05, 0.1) is 0 Å². The van der Waals surface area contributed by atoms with Crippen molar-refractivity contribution in [2.45, 2.75) is 32.7 Å². The number of nitrogens with one attached hydrogen (secondary N) is 1. The molecule has 7 heteroatoms. The van der Waals surface area contributed by atoms with Gasteiger partial charge in [-0.2, -0.15) is 0 Å². The van der Waals surface area contributed by atoms with Crippen LogP contribution in [0, 0.1) is 11.8 Å². The molecule has 148 valence electrons. The van der Waals surface area contributed by atoms with Gasteiger partial charge in [0.25, 0.3) is 5.91 Å². The summed E-state index contributed by atoms with van der Waals surface area (Å²) in [6.07, 6.45) is 1.08. The summed E-state index contributed by atoms with van der Waals surface area (Å²) in [5, 5.41) is 3.56. The largest absolute Gasteiger partial charge is 0.458 e. The Morgan fingerprint density at radius 3 is 2.57 bits per heavy atom. The van der Waals surface area contributed by atoms with Crippen molar-refractivity contribution in [3.8, 4) is 0 Å². The quantitative estimate of drug-likeness (QED) is 0.826. The molecule has 2 aliphatic heterocycles. The minimum atomic E-state index is -1.32. The van der Waals surface area contributed by atoms with Gasteiger partial charge in [-0.25, -0.2) is 4.79 Å². The Hall–Kier alpha value is -2.83. The van der Waals surface area contributed by atoms with Crippen molar-refractivity contribution in [2.24, 2.45) is 11.8 Å². The number of benzene rings is 1. The summed E-state index contributed by atoms with van der Waals surface area (Å²) in [6.45, 7) is 6.91. The predicted octanol–water partition coefficient (Wildman–Crippen LogP) is 2.70. The van der Waals surface area contributed by atoms with Gasteiger partial charge in [0.15, 0.2) is 5.54 Å². The lowest BCUT2D eigenvalue weighted by Crippen LogP contribution is -2.48. The molecule has 2 fully saturated rings. The van der Waals surface area contributed by atoms with E-state index < -0.39 is 17.5 Å². The van der Waals surface area contributed by atoms with E-state index in [1.807, 2.05) is 24.3 Å². The first-order chi connectivity index (χ1) is 13.3. The Bertz CT molecular complexity index is 909. The van der Waals surface area contributed by atoms with Crippen LogP contribution >= 0.6 is 0 Å². The smallest absolute Gasteiger partial charge is 0.325 e. The Morgan fingerprint density at radius 2 is 1.89 bits per heavy atom. The van der Waals surface area contributed by atoms with Crippen molar-refractivity contribution >= 4 is 28.8 Å². The van der Waals surface area contributed by atoms with Crippen molar-refractivity contribution in [2.75, 3.05) is 19.6 Å². The molecule has 1 N–H and O–H groups in total. The molecule has 2 saturated heterocycles. The fourth-order valence-electron chi connectivity index (χ4n) is 4.34. The number of urea groups is 1. The Kier molecular flexibility index (Phi) is 4.40. The van der Waals surface area contributed by atoms with Crippen LogP contribution in [0.3, 0.4) is 0 Å². The van der Waals surface area contributed by atoms with Gasteiger partial charge < -0.3 is 14.6 Å². The standard InChI is InChI=1S/C21H25N3O4/c1-13-8-14(2)11-23(10-13)18(25)12-24-19(26)21(3,22-20(24)27)17-9-15-6-4-5-7-16(15)28-17/h4-7,9,13-14H,8,10-12H2,1-3H3,(H,22,27). The highest BCUT2D eigenvalue weighted by molar-refractivity contribution is 6.09. The highest BCUT2D eigenvalue weighted by atomic mass is 16.3. The summed E-state index contributed by atoms with van der Waals surface area (Å²) in [5.74, 6) is 0.522. The molecule has 0 saturated carbocycles. The fraction of sp³-hybridized carbons (Fsp3) is 0.476. The molecule has 0 aliphatic carbocycles. The van der Waals surface area contributed by atoms with Crippen LogP contribution in [-0.2, 0) is 15.1 Å². The number of rotatable bonds is 3. The maximum Gasteiger partial charge on any atom is 0.325 e. The molecule has 7 nitrogen and oxygen atoms in total. The van der Waals surface area contributed by atoms with E-state index >= 15 is 0 Å². The maximum atomic E-state index is 13.1. The third-order valence-electron chi connectivity index (χ3n) is 5.71. The second-order valence-corrected chi connectivity index (χ2v) is 8.34. The third-order valence-corrected chi connectivity index (χ3v) is 5.71. The average molecular weight is 383 g/mol. The van der Waals surface area contributed by atoms with E-state index in [4.69, 9.17) is 4.42 Å². The first kappa shape index (κ1) is 18.5. The summed E-state index contributed by atoms with van der Waals surface area (Å²) in [4.78, 5) is 41.1. The summed E-state index contributed by atoms with van der Waals surface area (Å²) in [5.41, 5.74) is -0.676. The molecule has 28 heavy (non-hydrogen) atoms. The lowest BCUT2D eigenvalue weighted by molar-refractivity contribution is -0.140. The molecule has 1 aromatic carbocycles. The second kappa shape index (κ2) is 6.65. The van der Waals surface area contributed by atoms with Crippen LogP contribution in [0.1, 0.15) is 33.0 Å². The SMILES string of the molecule is CC1CC(C)CN(C(=O)CN2C(=O)NC(C)(c3cc4ccccc4o3)C2=O)C1. The zero-order valence-electron chi connectivity index (χ0n) is 16.4. The highest BCUT2D eigenvalue weighted by Gasteiger charge is 2.52. The number of nitrogens with zero attached hydrogens (tertiary/aromatic N) is 2. The van der Waals surface area contributed by atoms with Gasteiger partial charge in [-0.15, -0.1) is 0 Å². The van der Waals surface area contributed by atoms with Gasteiger partial charge in [0, 0.05) is 18.5 Å². The lowest BCUT2D eigenvalue weighted by atomic mass is 9.92. The van der Waals surface area contributed by atoms with E-state index in [0.29, 0.717) is 36.3 Å². The number of hydrogen-bond donors (Lipinski definition) is 1. The van der Waals surface area contributed by atoms with Gasteiger partial charge in [0.1, 0.15) is 17.9 Å². The number of carbonyl (C=O) groups excluding carboxylic acids is 3. The monoisotopic (exact) mass is 383 g/mol. The number of imide groups is 1. The van der Waals surface area contributed by atoms with E-state index in [9.17, 15) is 14.4 Å². The number of piperidine rings is 1. The molecule has 3 heterocycles. The van der Waals surface area contributed by atoms with Gasteiger partial charge in [-0.05, 0) is 37.3 Å². The first-order valence-electron chi connectivity index (χ1n) is 9.69. The molecule has 0 radical (unpaired) electrons. The minimum Gasteiger partial charge on any atom is -0.458 e. The number of likely N-dealkylation sites (tertiary alicyclic amines) is 1. The van der Waals surface area contributed by atoms with Crippen LogP contribution in [0.5, 0.6) is 0 Å². The normalized spacial score (nSPS) is 28.1. The number of hydrogen-bond acceptors (Lipinski definition) is 4. The summed E-state index contributed by atoms with van der Waals surface area (Å²) in [6, 6.07) is 8.60. The molecular formula is C21H25N3O4. The van der Waals surface area contributed by atoms with Gasteiger partial charge >= 0.3 is 6.03 Å². The van der Waals surface area contributed by atoms with Crippen molar-refractivity contribution < 1.29 is 18.8 Å². The number of carbonyl (C=O) groups is 3. The van der Waals surface area contributed by atoms with Gasteiger partial charge in [-0.3, -0.25) is 14.5 Å². The van der Waals surface area contributed by atoms with Crippen LogP contribution in [0.2, 0.25) is 0 Å². The summed E-state index contributed by atoms with van der Waals surface area (Å²) >= 11 is 0. The molecule has 2 aromatic rings. The lowest BCUT2D eigenvalue weighted by Gasteiger charge is -2.35. The molecule has 4 rings (SSSR count). The molecule has 0 bridgehead atoms. The number of fused-ring (bicyclic) bond motifs is 1.